The number of hydrogen-bond acceptors (Lipinski definition) is 4. The monoisotopic (exact) mass is 263 g/mol. The molecule has 2 rings (SSSR count). The van der Waals surface area contributed by atoms with E-state index in [1.807, 2.05) is 19.1 Å². The van der Waals surface area contributed by atoms with Gasteiger partial charge >= 0.3 is 0 Å². The minimum atomic E-state index is 0.592. The van der Waals surface area contributed by atoms with Crippen LogP contribution < -0.4 is 15.0 Å². The van der Waals surface area contributed by atoms with Crippen LogP contribution in [0.15, 0.2) is 18.2 Å². The van der Waals surface area contributed by atoms with Crippen molar-refractivity contribution in [2.75, 3.05) is 25.6 Å². The molecule has 0 aliphatic heterocycles. The Morgan fingerprint density at radius 3 is 2.68 bits per heavy atom. The summed E-state index contributed by atoms with van der Waals surface area (Å²) < 4.78 is 5.47. The van der Waals surface area contributed by atoms with Gasteiger partial charge in [0, 0.05) is 25.2 Å². The predicted molar refractivity (Wildman–Crippen MR) is 78.9 cm³/mol. The van der Waals surface area contributed by atoms with E-state index in [9.17, 15) is 0 Å². The molecule has 1 N–H and O–H groups in total. The van der Waals surface area contributed by atoms with Gasteiger partial charge in [0.1, 0.15) is 5.82 Å². The van der Waals surface area contributed by atoms with Crippen molar-refractivity contribution in [3.63, 3.8) is 0 Å². The second-order valence-corrected chi connectivity index (χ2v) is 5.17. The molecule has 1 heterocycles. The van der Waals surface area contributed by atoms with E-state index in [0.717, 1.165) is 11.7 Å². The van der Waals surface area contributed by atoms with Gasteiger partial charge in [0.15, 0.2) is 0 Å². The third-order valence-corrected chi connectivity index (χ3v) is 4.02. The first-order valence-corrected chi connectivity index (χ1v) is 7.24. The number of hydrogen-bond donors (Lipinski definition) is 1. The smallest absolute Gasteiger partial charge is 0.215 e. The number of ether oxygens (including phenoxy) is 1. The summed E-state index contributed by atoms with van der Waals surface area (Å²) in [7, 11) is 4.20. The molecule has 19 heavy (non-hydrogen) atoms. The Morgan fingerprint density at radius 2 is 2.05 bits per heavy atom. The lowest BCUT2D eigenvalue weighted by molar-refractivity contribution is 0.325. The molecule has 0 saturated heterocycles. The fraction of sp³-hybridized carbons (Fsp3) is 0.667. The highest BCUT2D eigenvalue weighted by molar-refractivity contribution is 5.41. The highest BCUT2D eigenvalue weighted by atomic mass is 16.5. The van der Waals surface area contributed by atoms with Crippen LogP contribution in [0.25, 0.3) is 0 Å². The van der Waals surface area contributed by atoms with Gasteiger partial charge in [-0.1, -0.05) is 6.07 Å². The molecule has 4 heteroatoms. The first-order chi connectivity index (χ1) is 9.24. The molecule has 1 aliphatic carbocycles. The highest BCUT2D eigenvalue weighted by Crippen LogP contribution is 2.26. The van der Waals surface area contributed by atoms with Gasteiger partial charge in [-0.3, -0.25) is 0 Å². The van der Waals surface area contributed by atoms with E-state index in [0.29, 0.717) is 18.7 Å². The van der Waals surface area contributed by atoms with Gasteiger partial charge in [-0.15, -0.1) is 0 Å². The topological polar surface area (TPSA) is 37.4 Å². The van der Waals surface area contributed by atoms with Crippen LogP contribution >= 0.6 is 0 Å². The van der Waals surface area contributed by atoms with Crippen molar-refractivity contribution in [2.24, 2.45) is 0 Å². The van der Waals surface area contributed by atoms with Crippen molar-refractivity contribution in [2.45, 2.75) is 44.7 Å². The average molecular weight is 263 g/mol. The zero-order valence-corrected chi connectivity index (χ0v) is 12.2. The summed E-state index contributed by atoms with van der Waals surface area (Å²) in [6.45, 7) is 2.64. The zero-order chi connectivity index (χ0) is 13.7. The van der Waals surface area contributed by atoms with E-state index in [4.69, 9.17) is 4.74 Å². The fourth-order valence-corrected chi connectivity index (χ4v) is 2.77. The molecule has 0 amide bonds. The molecule has 1 aromatic rings. The van der Waals surface area contributed by atoms with Gasteiger partial charge in [0.2, 0.25) is 5.88 Å². The maximum Gasteiger partial charge on any atom is 0.215 e. The van der Waals surface area contributed by atoms with Crippen LogP contribution in [0.1, 0.15) is 32.6 Å². The normalized spacial score (nSPS) is 23.1. The van der Waals surface area contributed by atoms with Gasteiger partial charge in [-0.2, -0.15) is 4.98 Å². The number of nitrogens with zero attached hydrogens (tertiary/aromatic N) is 2. The molecule has 1 fully saturated rings. The Bertz CT molecular complexity index is 389. The van der Waals surface area contributed by atoms with Crippen LogP contribution in [-0.2, 0) is 0 Å². The fourth-order valence-electron chi connectivity index (χ4n) is 2.77. The van der Waals surface area contributed by atoms with Crippen molar-refractivity contribution < 1.29 is 4.74 Å². The number of nitrogens with one attached hydrogen (secondary N) is 1. The van der Waals surface area contributed by atoms with E-state index < -0.39 is 0 Å². The number of aromatic nitrogens is 1. The molecule has 0 atom stereocenters. The molecule has 0 bridgehead atoms. The molecule has 106 valence electrons. The molecule has 0 unspecified atom stereocenters. The standard InChI is InChI=1S/C15H25N3O/c1-4-19-15-7-5-6-14(17-15)18(3)13-10-8-12(16-2)9-11-13/h5-7,12-13,16H,4,8-11H2,1-3H3. The second-order valence-electron chi connectivity index (χ2n) is 5.17. The number of rotatable bonds is 5. The van der Waals surface area contributed by atoms with E-state index in [2.05, 4.69) is 35.4 Å². The summed E-state index contributed by atoms with van der Waals surface area (Å²) in [6, 6.07) is 7.27. The largest absolute Gasteiger partial charge is 0.478 e. The number of anilines is 1. The molecule has 4 nitrogen and oxygen atoms in total. The molecule has 1 saturated carbocycles. The van der Waals surface area contributed by atoms with Crippen molar-refractivity contribution in [3.05, 3.63) is 18.2 Å². The average Bonchev–Trinajstić information content (AvgIpc) is 2.47. The molecule has 1 aromatic heterocycles. The van der Waals surface area contributed by atoms with Crippen molar-refractivity contribution in [1.82, 2.24) is 10.3 Å². The second kappa shape index (κ2) is 6.75. The van der Waals surface area contributed by atoms with Gasteiger partial charge in [-0.25, -0.2) is 0 Å². The minimum absolute atomic E-state index is 0.592. The molecular formula is C15H25N3O. The summed E-state index contributed by atoms with van der Waals surface area (Å²) in [5.41, 5.74) is 0. The molecule has 0 radical (unpaired) electrons. The first kappa shape index (κ1) is 14.1. The lowest BCUT2D eigenvalue weighted by Crippen LogP contribution is -2.40. The van der Waals surface area contributed by atoms with Crippen LogP contribution in [0, 0.1) is 0 Å². The van der Waals surface area contributed by atoms with Gasteiger partial charge in [0.05, 0.1) is 6.61 Å². The highest BCUT2D eigenvalue weighted by Gasteiger charge is 2.23. The van der Waals surface area contributed by atoms with Crippen molar-refractivity contribution >= 4 is 5.82 Å². The summed E-state index contributed by atoms with van der Waals surface area (Å²) in [5, 5.41) is 3.37. The van der Waals surface area contributed by atoms with Crippen LogP contribution in [0.4, 0.5) is 5.82 Å². The maximum absolute atomic E-state index is 5.47. The number of pyridine rings is 1. The predicted octanol–water partition coefficient (Wildman–Crippen LogP) is 2.45. The zero-order valence-electron chi connectivity index (χ0n) is 12.2. The third kappa shape index (κ3) is 3.60. The Labute approximate surface area is 116 Å². The quantitative estimate of drug-likeness (QED) is 0.885. The summed E-state index contributed by atoms with van der Waals surface area (Å²) in [5.74, 6) is 1.73. The van der Waals surface area contributed by atoms with E-state index in [-0.39, 0.29) is 0 Å². The minimum Gasteiger partial charge on any atom is -0.478 e. The van der Waals surface area contributed by atoms with Crippen LogP contribution in [0.2, 0.25) is 0 Å². The van der Waals surface area contributed by atoms with Crippen LogP contribution in [0.5, 0.6) is 5.88 Å². The molecular weight excluding hydrogens is 238 g/mol. The van der Waals surface area contributed by atoms with Gasteiger partial charge < -0.3 is 15.0 Å². The Kier molecular flexibility index (Phi) is 5.02. The first-order valence-electron chi connectivity index (χ1n) is 7.24. The van der Waals surface area contributed by atoms with Crippen molar-refractivity contribution in [1.29, 1.82) is 0 Å². The van der Waals surface area contributed by atoms with E-state index in [1.165, 1.54) is 25.7 Å². The molecule has 1 aliphatic rings. The summed E-state index contributed by atoms with van der Waals surface area (Å²) >= 11 is 0. The maximum atomic E-state index is 5.47. The van der Waals surface area contributed by atoms with Crippen molar-refractivity contribution in [3.8, 4) is 5.88 Å². The lowest BCUT2D eigenvalue weighted by atomic mass is 9.90. The van der Waals surface area contributed by atoms with E-state index >= 15 is 0 Å². The van der Waals surface area contributed by atoms with Crippen LogP contribution in [-0.4, -0.2) is 37.8 Å². The Morgan fingerprint density at radius 1 is 1.32 bits per heavy atom. The summed E-state index contributed by atoms with van der Waals surface area (Å²) in [4.78, 5) is 6.86. The summed E-state index contributed by atoms with van der Waals surface area (Å²) in [6.07, 6.45) is 4.94. The SMILES string of the molecule is CCOc1cccc(N(C)C2CCC(NC)CC2)n1. The van der Waals surface area contributed by atoms with Gasteiger partial charge in [-0.05, 0) is 45.7 Å². The van der Waals surface area contributed by atoms with E-state index in [1.54, 1.807) is 0 Å². The lowest BCUT2D eigenvalue weighted by Gasteiger charge is -2.35. The molecule has 0 aromatic carbocycles. The third-order valence-electron chi connectivity index (χ3n) is 4.02. The molecule has 0 spiro atoms. The van der Waals surface area contributed by atoms with Crippen LogP contribution in [0.3, 0.4) is 0 Å². The Balaban J connectivity index is 1.99. The Hall–Kier alpha value is -1.29. The van der Waals surface area contributed by atoms with Gasteiger partial charge in [0.25, 0.3) is 0 Å².